The van der Waals surface area contributed by atoms with Crippen molar-refractivity contribution in [3.8, 4) is 11.5 Å². The number of cyclic esters (lactones) is 2. The molecule has 12 nitrogen and oxygen atoms in total. The van der Waals surface area contributed by atoms with Gasteiger partial charge >= 0.3 is 23.9 Å². The van der Waals surface area contributed by atoms with E-state index in [2.05, 4.69) is 10.3 Å². The van der Waals surface area contributed by atoms with Gasteiger partial charge < -0.3 is 28.8 Å². The molecule has 2 N–H and O–H groups in total. The number of nitrogens with zero attached hydrogens (tertiary/aromatic N) is 1. The summed E-state index contributed by atoms with van der Waals surface area (Å²) in [4.78, 5) is 56.8. The topological polar surface area (TPSA) is 160 Å². The molecular formula is C34H38N2O10. The Morgan fingerprint density at radius 3 is 2.41 bits per heavy atom. The van der Waals surface area contributed by atoms with Gasteiger partial charge in [-0.05, 0) is 37.5 Å². The summed E-state index contributed by atoms with van der Waals surface area (Å²) >= 11 is 0. The minimum atomic E-state index is -1.71. The molecule has 0 radical (unpaired) electrons. The number of aliphatic hydroxyl groups is 1. The minimum absolute atomic E-state index is 0.100. The maximum Gasteiger partial charge on any atom is 0.343 e. The Bertz CT molecular complexity index is 1540. The molecule has 0 saturated carbocycles. The summed E-state index contributed by atoms with van der Waals surface area (Å²) in [5, 5.41) is 13.9. The third kappa shape index (κ3) is 8.26. The third-order valence-corrected chi connectivity index (χ3v) is 7.46. The minimum Gasteiger partial charge on any atom is -0.493 e. The highest BCUT2D eigenvalue weighted by molar-refractivity contribution is 5.93. The lowest BCUT2D eigenvalue weighted by molar-refractivity contribution is -0.176. The van der Waals surface area contributed by atoms with Crippen LogP contribution < -0.4 is 14.8 Å². The van der Waals surface area contributed by atoms with E-state index in [-0.39, 0.29) is 23.6 Å². The number of benzene rings is 2. The summed E-state index contributed by atoms with van der Waals surface area (Å²) < 4.78 is 28.0. The molecule has 0 aliphatic carbocycles. The van der Waals surface area contributed by atoms with Crippen molar-refractivity contribution in [2.45, 2.75) is 58.6 Å². The van der Waals surface area contributed by atoms with E-state index in [4.69, 9.17) is 23.7 Å². The van der Waals surface area contributed by atoms with Crippen LogP contribution in [0.4, 0.5) is 0 Å². The predicted molar refractivity (Wildman–Crippen MR) is 164 cm³/mol. The largest absolute Gasteiger partial charge is 0.493 e. The summed E-state index contributed by atoms with van der Waals surface area (Å²) in [6.45, 7) is 6.05. The van der Waals surface area contributed by atoms with Gasteiger partial charge in [-0.3, -0.25) is 24.7 Å². The molecule has 1 aromatic heterocycles. The first kappa shape index (κ1) is 34.1. The predicted octanol–water partition coefficient (Wildman–Crippen LogP) is 3.48. The second kappa shape index (κ2) is 15.5. The number of rotatable bonds is 10. The molecule has 1 saturated heterocycles. The number of esters is 4. The molecule has 0 spiro atoms. The fourth-order valence-corrected chi connectivity index (χ4v) is 4.89. The summed E-state index contributed by atoms with van der Waals surface area (Å²) in [6, 6.07) is 16.0. The fourth-order valence-electron chi connectivity index (χ4n) is 4.89. The van der Waals surface area contributed by atoms with Crippen molar-refractivity contribution < 1.29 is 48.0 Å². The van der Waals surface area contributed by atoms with Crippen LogP contribution in [-0.4, -0.2) is 65.9 Å². The molecule has 2 heterocycles. The van der Waals surface area contributed by atoms with Crippen LogP contribution in [-0.2, 0) is 35.0 Å². The summed E-state index contributed by atoms with van der Waals surface area (Å²) in [7, 11) is 1.36. The lowest BCUT2D eigenvalue weighted by Gasteiger charge is -2.29. The van der Waals surface area contributed by atoms with Crippen LogP contribution in [0.5, 0.6) is 11.5 Å². The maximum atomic E-state index is 13.5. The zero-order valence-electron chi connectivity index (χ0n) is 26.3. The van der Waals surface area contributed by atoms with Crippen LogP contribution in [0.15, 0.2) is 66.9 Å². The number of carbonyl (C=O) groups is 4. The number of hydrogen-bond acceptors (Lipinski definition) is 12. The van der Waals surface area contributed by atoms with Crippen LogP contribution in [0, 0.1) is 18.8 Å². The Morgan fingerprint density at radius 2 is 1.74 bits per heavy atom. The quantitative estimate of drug-likeness (QED) is 0.190. The summed E-state index contributed by atoms with van der Waals surface area (Å²) in [6.07, 6.45) is -2.44. The highest BCUT2D eigenvalue weighted by atomic mass is 16.6. The first-order valence-electron chi connectivity index (χ1n) is 14.9. The van der Waals surface area contributed by atoms with Gasteiger partial charge in [0.1, 0.15) is 30.4 Å². The molecule has 4 rings (SSSR count). The van der Waals surface area contributed by atoms with Crippen molar-refractivity contribution in [2.24, 2.45) is 11.8 Å². The van der Waals surface area contributed by atoms with E-state index in [0.717, 1.165) is 5.56 Å². The lowest BCUT2D eigenvalue weighted by Crippen LogP contribution is -2.46. The van der Waals surface area contributed by atoms with Crippen LogP contribution >= 0.6 is 0 Å². The Hall–Kier alpha value is -4.81. The molecule has 1 aliphatic heterocycles. The molecule has 0 bridgehead atoms. The molecule has 12 heteroatoms. The molecule has 1 aliphatic rings. The van der Waals surface area contributed by atoms with Gasteiger partial charge in [0, 0.05) is 12.3 Å². The second-order valence-corrected chi connectivity index (χ2v) is 11.2. The van der Waals surface area contributed by atoms with Gasteiger partial charge in [-0.25, -0.2) is 4.79 Å². The van der Waals surface area contributed by atoms with Crippen LogP contribution in [0.25, 0.3) is 0 Å². The van der Waals surface area contributed by atoms with Crippen molar-refractivity contribution in [3.63, 3.8) is 0 Å². The molecule has 1 unspecified atom stereocenters. The van der Waals surface area contributed by atoms with Crippen molar-refractivity contribution in [1.82, 2.24) is 10.3 Å². The van der Waals surface area contributed by atoms with Crippen molar-refractivity contribution in [2.75, 3.05) is 13.7 Å². The van der Waals surface area contributed by atoms with Gasteiger partial charge in [0.05, 0.1) is 18.6 Å². The number of aryl methyl sites for hydroxylation is 1. The Kier molecular flexibility index (Phi) is 11.4. The van der Waals surface area contributed by atoms with E-state index in [1.165, 1.54) is 26.3 Å². The molecule has 244 valence electrons. The molecular weight excluding hydrogens is 596 g/mol. The zero-order chi connectivity index (χ0) is 33.4. The van der Waals surface area contributed by atoms with E-state index in [9.17, 15) is 24.3 Å². The highest BCUT2D eigenvalue weighted by Crippen LogP contribution is 2.34. The SMILES string of the molecule is COc1ccnc(C(O)N[C@H]2COC(=O)[C@H](Cc3ccccc3)[C@@H](OC(=O)C(C)C)[C@H](C)OC2=O)c1OC(=O)c1ccccc1C. The average molecular weight is 635 g/mol. The zero-order valence-corrected chi connectivity index (χ0v) is 26.3. The molecule has 1 fully saturated rings. The summed E-state index contributed by atoms with van der Waals surface area (Å²) in [5.74, 6) is -4.46. The van der Waals surface area contributed by atoms with Gasteiger partial charge in [-0.2, -0.15) is 0 Å². The normalized spacial score (nSPS) is 20.8. The number of aliphatic hydroxyl groups excluding tert-OH is 1. The third-order valence-electron chi connectivity index (χ3n) is 7.46. The van der Waals surface area contributed by atoms with E-state index in [0.29, 0.717) is 11.1 Å². The number of aromatic nitrogens is 1. The monoisotopic (exact) mass is 634 g/mol. The molecule has 2 aromatic carbocycles. The Morgan fingerprint density at radius 1 is 1.04 bits per heavy atom. The number of hydrogen-bond donors (Lipinski definition) is 2. The molecule has 5 atom stereocenters. The van der Waals surface area contributed by atoms with E-state index in [1.807, 2.05) is 30.3 Å². The van der Waals surface area contributed by atoms with Gasteiger partial charge in [0.2, 0.25) is 0 Å². The van der Waals surface area contributed by atoms with Crippen molar-refractivity contribution in [3.05, 3.63) is 89.2 Å². The Labute approximate surface area is 267 Å². The van der Waals surface area contributed by atoms with Gasteiger partial charge in [0.15, 0.2) is 23.8 Å². The summed E-state index contributed by atoms with van der Waals surface area (Å²) in [5.41, 5.74) is 1.58. The van der Waals surface area contributed by atoms with Crippen molar-refractivity contribution >= 4 is 23.9 Å². The number of ether oxygens (including phenoxy) is 5. The lowest BCUT2D eigenvalue weighted by atomic mass is 9.91. The standard InChI is InChI=1S/C34H38N2O10/c1-19(2)31(38)45-28-21(4)44-34(41)25(18-43-32(39)24(28)17-22-12-7-6-8-13-22)36-30(37)27-29(26(42-5)15-16-35-27)46-33(40)23-14-10-9-11-20(23)3/h6-16,19,21,24-25,28,30,36-37H,17-18H2,1-5H3/t21-,24+,25-,28-,30?/m0/s1. The highest BCUT2D eigenvalue weighted by Gasteiger charge is 2.42. The number of carbonyl (C=O) groups excluding carboxylic acids is 4. The van der Waals surface area contributed by atoms with Crippen LogP contribution in [0.2, 0.25) is 0 Å². The molecule has 46 heavy (non-hydrogen) atoms. The van der Waals surface area contributed by atoms with Gasteiger partial charge in [0.25, 0.3) is 0 Å². The van der Waals surface area contributed by atoms with Crippen LogP contribution in [0.1, 0.15) is 54.2 Å². The molecule has 0 amide bonds. The number of nitrogens with one attached hydrogen (secondary N) is 1. The number of pyridine rings is 1. The van der Waals surface area contributed by atoms with Gasteiger partial charge in [-0.1, -0.05) is 62.4 Å². The fraction of sp³-hybridized carbons (Fsp3) is 0.382. The van der Waals surface area contributed by atoms with E-state index < -0.39 is 66.8 Å². The second-order valence-electron chi connectivity index (χ2n) is 11.2. The van der Waals surface area contributed by atoms with E-state index in [1.54, 1.807) is 45.0 Å². The first-order valence-corrected chi connectivity index (χ1v) is 14.9. The van der Waals surface area contributed by atoms with Gasteiger partial charge in [-0.15, -0.1) is 0 Å². The maximum absolute atomic E-state index is 13.5. The van der Waals surface area contributed by atoms with Crippen molar-refractivity contribution in [1.29, 1.82) is 0 Å². The smallest absolute Gasteiger partial charge is 0.343 e. The van der Waals surface area contributed by atoms with Crippen LogP contribution in [0.3, 0.4) is 0 Å². The first-order chi connectivity index (χ1) is 22.0. The number of methoxy groups -OCH3 is 1. The Balaban J connectivity index is 1.60. The van der Waals surface area contributed by atoms with E-state index >= 15 is 0 Å². The molecule has 3 aromatic rings. The average Bonchev–Trinajstić information content (AvgIpc) is 3.07.